The summed E-state index contributed by atoms with van der Waals surface area (Å²) in [6.45, 7) is 3.81. The normalized spacial score (nSPS) is 6.80. The summed E-state index contributed by atoms with van der Waals surface area (Å²) in [6, 6.07) is 0. The quantitative estimate of drug-likeness (QED) is 0.416. The van der Waals surface area contributed by atoms with Gasteiger partial charge in [0.1, 0.15) is 0 Å². The largest absolute Gasteiger partial charge is 0.397 e. The van der Waals surface area contributed by atoms with Crippen LogP contribution in [0.1, 0.15) is 13.8 Å². The molecule has 0 spiro atoms. The molecule has 0 saturated heterocycles. The van der Waals surface area contributed by atoms with Crippen LogP contribution in [0, 0.1) is 6.20 Å². The minimum absolute atomic E-state index is 1.03. The predicted octanol–water partition coefficient (Wildman–Crippen LogP) is 0.672. The van der Waals surface area contributed by atoms with Crippen molar-refractivity contribution in [1.29, 1.82) is 0 Å². The van der Waals surface area contributed by atoms with E-state index in [1.54, 1.807) is 0 Å². The molecule has 0 aromatic heterocycles. The molecule has 0 fully saturated rings. The Labute approximate surface area is 32.5 Å². The van der Waals surface area contributed by atoms with Crippen LogP contribution in [-0.2, 0) is 0 Å². The van der Waals surface area contributed by atoms with Gasteiger partial charge in [0, 0.05) is 0 Å². The Morgan fingerprint density at radius 1 is 1.60 bits per heavy atom. The van der Waals surface area contributed by atoms with Gasteiger partial charge in [0.15, 0.2) is 0 Å². The van der Waals surface area contributed by atoms with E-state index < -0.39 is 0 Å². The Bertz CT molecular complexity index is 41.6. The molecule has 0 saturated carbocycles. The lowest BCUT2D eigenvalue weighted by Gasteiger charge is -1.73. The van der Waals surface area contributed by atoms with Crippen LogP contribution in [-0.4, -0.2) is 0 Å². The second-order valence-electron chi connectivity index (χ2n) is 1.14. The first kappa shape index (κ1) is 4.54. The Morgan fingerprint density at radius 2 is 1.80 bits per heavy atom. The molecule has 5 heavy (non-hydrogen) atoms. The van der Waals surface area contributed by atoms with Gasteiger partial charge in [-0.15, -0.1) is 0 Å². The summed E-state index contributed by atoms with van der Waals surface area (Å²) >= 11 is 0. The molecule has 0 aliphatic carbocycles. The summed E-state index contributed by atoms with van der Waals surface area (Å²) in [5.74, 6) is 0. The molecule has 1 nitrogen and oxygen atoms in total. The van der Waals surface area contributed by atoms with Crippen LogP contribution in [0.25, 0.3) is 0 Å². The van der Waals surface area contributed by atoms with Crippen molar-refractivity contribution in [3.05, 3.63) is 11.8 Å². The molecule has 0 aliphatic heterocycles. The topological polar surface area (TPSA) is 26.0 Å². The van der Waals surface area contributed by atoms with E-state index >= 15 is 0 Å². The van der Waals surface area contributed by atoms with Crippen LogP contribution in [0.4, 0.5) is 0 Å². The fourth-order valence-corrected chi connectivity index (χ4v) is 0. The molecule has 0 amide bonds. The number of allylic oxidation sites excluding steroid dienone is 1. The molecule has 0 unspecified atom stereocenters. The van der Waals surface area contributed by atoms with Crippen molar-refractivity contribution in [2.75, 3.05) is 0 Å². The Kier molecular flexibility index (Phi) is 1.65. The van der Waals surface area contributed by atoms with Crippen molar-refractivity contribution in [2.45, 2.75) is 13.8 Å². The van der Waals surface area contributed by atoms with E-state index in [-0.39, 0.29) is 0 Å². The average molecular weight is 70.1 g/mol. The highest BCUT2D eigenvalue weighted by Crippen LogP contribution is 1.77. The lowest BCUT2D eigenvalue weighted by Crippen LogP contribution is -1.78. The van der Waals surface area contributed by atoms with Crippen molar-refractivity contribution in [3.63, 3.8) is 0 Å². The molecule has 0 aromatic carbocycles. The molecule has 0 rings (SSSR count). The van der Waals surface area contributed by atoms with Gasteiger partial charge in [-0.3, -0.25) is 0 Å². The first-order valence-electron chi connectivity index (χ1n) is 1.54. The standard InChI is InChI=1S/C4H8N/c1-4(2)3-5/h5H2,1-2H3. The van der Waals surface area contributed by atoms with Crippen molar-refractivity contribution < 1.29 is 0 Å². The third kappa shape index (κ3) is 3.54. The first-order chi connectivity index (χ1) is 2.27. The molecule has 1 radical (unpaired) electrons. The Hall–Kier alpha value is -0.460. The smallest absolute Gasteiger partial charge is 0.0533 e. The zero-order valence-electron chi connectivity index (χ0n) is 3.58. The summed E-state index contributed by atoms with van der Waals surface area (Å²) in [6.07, 6.45) is 2.44. The number of hydrogen-bond acceptors (Lipinski definition) is 1. The van der Waals surface area contributed by atoms with Crippen LogP contribution in [0.15, 0.2) is 5.57 Å². The molecular formula is C4H8N. The molecule has 1 heteroatoms. The maximum absolute atomic E-state index is 4.88. The SMILES string of the molecule is CC(C)=[C]N. The highest BCUT2D eigenvalue weighted by Gasteiger charge is 1.62. The van der Waals surface area contributed by atoms with Gasteiger partial charge >= 0.3 is 0 Å². The Morgan fingerprint density at radius 3 is 1.80 bits per heavy atom. The van der Waals surface area contributed by atoms with E-state index in [2.05, 4.69) is 6.20 Å². The van der Waals surface area contributed by atoms with E-state index in [0.717, 1.165) is 5.57 Å². The lowest BCUT2D eigenvalue weighted by atomic mass is 10.4. The van der Waals surface area contributed by atoms with E-state index in [1.165, 1.54) is 0 Å². The molecule has 0 aliphatic rings. The summed E-state index contributed by atoms with van der Waals surface area (Å²) < 4.78 is 0. The summed E-state index contributed by atoms with van der Waals surface area (Å²) in [4.78, 5) is 0. The maximum Gasteiger partial charge on any atom is 0.0533 e. The highest BCUT2D eigenvalue weighted by molar-refractivity contribution is 4.81. The Balaban J connectivity index is 3.14. The van der Waals surface area contributed by atoms with Gasteiger partial charge in [0.05, 0.1) is 6.20 Å². The van der Waals surface area contributed by atoms with Crippen LogP contribution in [0.2, 0.25) is 0 Å². The van der Waals surface area contributed by atoms with Gasteiger partial charge in [-0.2, -0.15) is 0 Å². The van der Waals surface area contributed by atoms with E-state index in [9.17, 15) is 0 Å². The zero-order chi connectivity index (χ0) is 4.28. The van der Waals surface area contributed by atoms with Crippen molar-refractivity contribution in [1.82, 2.24) is 0 Å². The monoisotopic (exact) mass is 70.1 g/mol. The van der Waals surface area contributed by atoms with Gasteiger partial charge in [0.2, 0.25) is 0 Å². The molecular weight excluding hydrogens is 62.1 g/mol. The number of nitrogens with two attached hydrogens (primary N) is 1. The fraction of sp³-hybridized carbons (Fsp3) is 0.500. The molecule has 0 bridgehead atoms. The minimum atomic E-state index is 1.03. The average Bonchev–Trinajstić information content (AvgIpc) is 1.38. The van der Waals surface area contributed by atoms with E-state index in [1.807, 2.05) is 13.8 Å². The number of rotatable bonds is 0. The summed E-state index contributed by atoms with van der Waals surface area (Å²) in [5.41, 5.74) is 5.92. The van der Waals surface area contributed by atoms with E-state index in [0.29, 0.717) is 0 Å². The van der Waals surface area contributed by atoms with Crippen LogP contribution < -0.4 is 5.73 Å². The first-order valence-corrected chi connectivity index (χ1v) is 1.54. The van der Waals surface area contributed by atoms with Crippen LogP contribution in [0.3, 0.4) is 0 Å². The third-order valence-corrected chi connectivity index (χ3v) is 0.289. The van der Waals surface area contributed by atoms with E-state index in [4.69, 9.17) is 5.73 Å². The lowest BCUT2D eigenvalue weighted by molar-refractivity contribution is 1.30. The summed E-state index contributed by atoms with van der Waals surface area (Å²) in [5, 5.41) is 0. The molecule has 2 N–H and O–H groups in total. The van der Waals surface area contributed by atoms with Crippen LogP contribution in [0.5, 0.6) is 0 Å². The minimum Gasteiger partial charge on any atom is -0.397 e. The third-order valence-electron chi connectivity index (χ3n) is 0.289. The van der Waals surface area contributed by atoms with Gasteiger partial charge in [-0.05, 0) is 13.8 Å². The van der Waals surface area contributed by atoms with Gasteiger partial charge in [0.25, 0.3) is 0 Å². The zero-order valence-corrected chi connectivity index (χ0v) is 3.58. The van der Waals surface area contributed by atoms with Gasteiger partial charge < -0.3 is 5.73 Å². The highest BCUT2D eigenvalue weighted by atomic mass is 14.5. The predicted molar refractivity (Wildman–Crippen MR) is 22.3 cm³/mol. The van der Waals surface area contributed by atoms with Gasteiger partial charge in [-0.1, -0.05) is 5.57 Å². The molecule has 29 valence electrons. The maximum atomic E-state index is 4.88. The fourth-order valence-electron chi connectivity index (χ4n) is 0. The molecule has 0 atom stereocenters. The molecule has 0 heterocycles. The van der Waals surface area contributed by atoms with Crippen LogP contribution >= 0.6 is 0 Å². The van der Waals surface area contributed by atoms with Gasteiger partial charge in [-0.25, -0.2) is 0 Å². The second kappa shape index (κ2) is 1.82. The van der Waals surface area contributed by atoms with Crippen molar-refractivity contribution in [2.24, 2.45) is 5.73 Å². The molecule has 0 aromatic rings. The second-order valence-corrected chi connectivity index (χ2v) is 1.14. The van der Waals surface area contributed by atoms with Crippen molar-refractivity contribution in [3.8, 4) is 0 Å². The van der Waals surface area contributed by atoms with Crippen molar-refractivity contribution >= 4 is 0 Å². The number of hydrogen-bond donors (Lipinski definition) is 1. The summed E-state index contributed by atoms with van der Waals surface area (Å²) in [7, 11) is 0.